The van der Waals surface area contributed by atoms with Crippen LogP contribution in [-0.2, 0) is 48.2 Å². The fourth-order valence-corrected chi connectivity index (χ4v) is 6.86. The number of ether oxygens (including phenoxy) is 1. The lowest BCUT2D eigenvalue weighted by molar-refractivity contribution is -0.193. The van der Waals surface area contributed by atoms with E-state index in [4.69, 9.17) is 24.5 Å². The number of alkyl halides is 6. The van der Waals surface area contributed by atoms with E-state index in [0.717, 1.165) is 44.9 Å². The molecule has 2 heterocycles. The molecule has 0 saturated carbocycles. The summed E-state index contributed by atoms with van der Waals surface area (Å²) in [6.45, 7) is 5.76. The van der Waals surface area contributed by atoms with Gasteiger partial charge in [0.1, 0.15) is 6.04 Å². The number of nitrogens with zero attached hydrogens (tertiary/aromatic N) is 4. The number of rotatable bonds is 18. The van der Waals surface area contributed by atoms with Gasteiger partial charge in [0.15, 0.2) is 0 Å². The third-order valence-corrected chi connectivity index (χ3v) is 10.6. The third kappa shape index (κ3) is 17.4. The molecule has 0 radical (unpaired) electrons. The van der Waals surface area contributed by atoms with E-state index in [9.17, 15) is 40.7 Å². The summed E-state index contributed by atoms with van der Waals surface area (Å²) in [6.07, 6.45) is -1.42. The Labute approximate surface area is 374 Å². The number of thioether (sulfide) groups is 1. The van der Waals surface area contributed by atoms with Crippen LogP contribution in [0.2, 0.25) is 0 Å². The van der Waals surface area contributed by atoms with Crippen LogP contribution in [0.25, 0.3) is 21.7 Å². The Morgan fingerprint density at radius 3 is 2.08 bits per heavy atom. The van der Waals surface area contributed by atoms with E-state index in [0.29, 0.717) is 31.8 Å². The number of imidazole rings is 1. The summed E-state index contributed by atoms with van der Waals surface area (Å²) in [4.78, 5) is 68.5. The van der Waals surface area contributed by atoms with Crippen LogP contribution in [0.15, 0.2) is 91.5 Å². The molecule has 21 heteroatoms. The number of benzene rings is 3. The number of fused-ring (bicyclic) bond motifs is 2. The van der Waals surface area contributed by atoms with E-state index < -0.39 is 36.3 Å². The number of halogens is 6. The van der Waals surface area contributed by atoms with Gasteiger partial charge in [0.05, 0.1) is 31.9 Å². The summed E-state index contributed by atoms with van der Waals surface area (Å²) in [5, 5.41) is 23.8. The SMILES string of the molecule is CC[C@H](C)[C@@H](CN(CC(=O)N[C@@H](CCSC)C(=O)OC)Cc1cccc2ccccc12)NC(=O)Cc1cncn1Cc1ccnc2ccccc12.O=C(O)C(F)(F)F.O=C(O)C(F)(F)F. The van der Waals surface area contributed by atoms with Crippen molar-refractivity contribution in [3.63, 3.8) is 0 Å². The molecule has 14 nitrogen and oxygen atoms in total. The average molecular weight is 937 g/mol. The largest absolute Gasteiger partial charge is 0.490 e. The number of pyridine rings is 1. The topological polar surface area (TPSA) is 193 Å². The van der Waals surface area contributed by atoms with Gasteiger partial charge in [-0.2, -0.15) is 38.1 Å². The average Bonchev–Trinajstić information content (AvgIpc) is 3.69. The van der Waals surface area contributed by atoms with Crippen molar-refractivity contribution in [3.05, 3.63) is 108 Å². The maximum absolute atomic E-state index is 13.7. The van der Waals surface area contributed by atoms with E-state index >= 15 is 0 Å². The second kappa shape index (κ2) is 25.3. The number of aliphatic carboxylic acids is 2. The molecular formula is C44H50F6N6O8S. The summed E-state index contributed by atoms with van der Waals surface area (Å²) >= 11 is 1.61. The predicted octanol–water partition coefficient (Wildman–Crippen LogP) is 6.89. The molecule has 0 bridgehead atoms. The summed E-state index contributed by atoms with van der Waals surface area (Å²) in [5.74, 6) is -5.52. The number of esters is 1. The minimum atomic E-state index is -5.08. The van der Waals surface area contributed by atoms with E-state index in [1.54, 1.807) is 24.3 Å². The Hall–Kier alpha value is -6.22. The van der Waals surface area contributed by atoms with Crippen LogP contribution in [0.4, 0.5) is 26.3 Å². The molecule has 5 rings (SSSR count). The molecule has 65 heavy (non-hydrogen) atoms. The van der Waals surface area contributed by atoms with Crippen LogP contribution in [0, 0.1) is 5.92 Å². The number of hydrogen-bond acceptors (Lipinski definition) is 10. The lowest BCUT2D eigenvalue weighted by Gasteiger charge is -2.32. The van der Waals surface area contributed by atoms with Crippen LogP contribution in [-0.4, -0.2) is 116 Å². The smallest absolute Gasteiger partial charge is 0.475 e. The Kier molecular flexibility index (Phi) is 20.7. The highest BCUT2D eigenvalue weighted by molar-refractivity contribution is 7.98. The number of hydrogen-bond donors (Lipinski definition) is 4. The number of methoxy groups -OCH3 is 1. The molecular weight excluding hydrogens is 887 g/mol. The van der Waals surface area contributed by atoms with E-state index in [1.165, 1.54) is 7.11 Å². The van der Waals surface area contributed by atoms with Gasteiger partial charge in [0, 0.05) is 49.1 Å². The first-order chi connectivity index (χ1) is 30.7. The quantitative estimate of drug-likeness (QED) is 0.0527. The molecule has 3 atom stereocenters. The fraction of sp³-hybridized carbons (Fsp3) is 0.386. The Morgan fingerprint density at radius 1 is 0.846 bits per heavy atom. The number of carboxylic acids is 2. The molecule has 0 aliphatic rings. The van der Waals surface area contributed by atoms with Gasteiger partial charge in [0.25, 0.3) is 0 Å². The van der Waals surface area contributed by atoms with Crippen molar-refractivity contribution in [1.29, 1.82) is 0 Å². The zero-order chi connectivity index (χ0) is 48.3. The molecule has 3 aromatic carbocycles. The molecule has 2 aromatic heterocycles. The number of carbonyl (C=O) groups is 5. The maximum Gasteiger partial charge on any atom is 0.490 e. The maximum atomic E-state index is 13.7. The number of carbonyl (C=O) groups excluding carboxylic acids is 3. The fourth-order valence-electron chi connectivity index (χ4n) is 6.39. The first-order valence-corrected chi connectivity index (χ1v) is 21.3. The molecule has 4 N–H and O–H groups in total. The van der Waals surface area contributed by atoms with Crippen LogP contribution in [0.1, 0.15) is 43.5 Å². The van der Waals surface area contributed by atoms with Crippen molar-refractivity contribution in [2.24, 2.45) is 5.92 Å². The highest BCUT2D eigenvalue weighted by atomic mass is 32.2. The normalized spacial score (nSPS) is 12.8. The van der Waals surface area contributed by atoms with E-state index in [1.807, 2.05) is 59.5 Å². The van der Waals surface area contributed by atoms with Gasteiger partial charge in [-0.25, -0.2) is 19.4 Å². The van der Waals surface area contributed by atoms with E-state index in [2.05, 4.69) is 69.7 Å². The summed E-state index contributed by atoms with van der Waals surface area (Å²) in [6, 6.07) is 23.4. The lowest BCUT2D eigenvalue weighted by atomic mass is 9.97. The summed E-state index contributed by atoms with van der Waals surface area (Å²) in [7, 11) is 1.33. The number of para-hydroxylation sites is 1. The number of carboxylic acid groups (broad SMARTS) is 2. The second-order valence-corrected chi connectivity index (χ2v) is 15.6. The van der Waals surface area contributed by atoms with Crippen molar-refractivity contribution < 1.29 is 65.3 Å². The Balaban J connectivity index is 0.000000693. The summed E-state index contributed by atoms with van der Waals surface area (Å²) < 4.78 is 70.5. The van der Waals surface area contributed by atoms with E-state index in [-0.39, 0.29) is 36.7 Å². The molecule has 0 saturated heterocycles. The zero-order valence-corrected chi connectivity index (χ0v) is 36.7. The Morgan fingerprint density at radius 2 is 1.46 bits per heavy atom. The summed E-state index contributed by atoms with van der Waals surface area (Å²) in [5.41, 5.74) is 3.91. The van der Waals surface area contributed by atoms with Gasteiger partial charge in [-0.05, 0) is 58.4 Å². The number of aromatic nitrogens is 3. The van der Waals surface area contributed by atoms with Crippen molar-refractivity contribution in [1.82, 2.24) is 30.1 Å². The first kappa shape index (κ1) is 53.1. The van der Waals surface area contributed by atoms with Gasteiger partial charge in [-0.3, -0.25) is 19.5 Å². The van der Waals surface area contributed by atoms with Crippen molar-refractivity contribution in [3.8, 4) is 0 Å². The van der Waals surface area contributed by atoms with Gasteiger partial charge in [0.2, 0.25) is 11.8 Å². The molecule has 0 unspecified atom stereocenters. The van der Waals surface area contributed by atoms with Crippen molar-refractivity contribution >= 4 is 63.2 Å². The minimum absolute atomic E-state index is 0.0471. The van der Waals surface area contributed by atoms with Gasteiger partial charge < -0.3 is 30.2 Å². The van der Waals surface area contributed by atoms with Gasteiger partial charge >= 0.3 is 30.3 Å². The second-order valence-electron chi connectivity index (χ2n) is 14.6. The molecule has 0 aliphatic heterocycles. The first-order valence-electron chi connectivity index (χ1n) is 19.9. The zero-order valence-electron chi connectivity index (χ0n) is 35.9. The number of nitrogens with one attached hydrogen (secondary N) is 2. The highest BCUT2D eigenvalue weighted by Gasteiger charge is 2.39. The number of amides is 2. The van der Waals surface area contributed by atoms with Crippen molar-refractivity contribution in [2.45, 2.75) is 70.6 Å². The molecule has 0 spiro atoms. The molecule has 2 amide bonds. The molecule has 5 aromatic rings. The van der Waals surface area contributed by atoms with Crippen LogP contribution >= 0.6 is 11.8 Å². The van der Waals surface area contributed by atoms with Gasteiger partial charge in [-0.1, -0.05) is 80.9 Å². The van der Waals surface area contributed by atoms with Crippen LogP contribution in [0.3, 0.4) is 0 Å². The molecule has 352 valence electrons. The molecule has 0 aliphatic carbocycles. The minimum Gasteiger partial charge on any atom is -0.475 e. The highest BCUT2D eigenvalue weighted by Crippen LogP contribution is 2.22. The Bertz CT molecular complexity index is 2330. The lowest BCUT2D eigenvalue weighted by Crippen LogP contribution is -2.51. The van der Waals surface area contributed by atoms with Crippen molar-refractivity contribution in [2.75, 3.05) is 32.2 Å². The standard InChI is InChI=1S/C40H48N6O4S.2C2HF3O2/c1-5-28(2)37(44-38(47)21-32-22-41-27-46(32)24-31-17-19-42-35-16-9-8-15-34(31)35)25-45(23-30-13-10-12-29-11-6-7-14-33(29)30)26-39(48)43-36(18-20-51-4)40(49)50-3;2*3-2(4,5)1(6)7/h6-17,19,22,27-28,36-37H,5,18,20-21,23-26H2,1-4H3,(H,43,48)(H,44,47);2*(H,6,7)/t28-,36-,37+;;/m0../s1. The van der Waals surface area contributed by atoms with Crippen LogP contribution < -0.4 is 10.6 Å². The molecule has 0 fully saturated rings. The monoisotopic (exact) mass is 936 g/mol. The van der Waals surface area contributed by atoms with Gasteiger partial charge in [-0.15, -0.1) is 0 Å². The third-order valence-electron chi connectivity index (χ3n) is 9.91. The van der Waals surface area contributed by atoms with Crippen LogP contribution in [0.5, 0.6) is 0 Å². The predicted molar refractivity (Wildman–Crippen MR) is 232 cm³/mol.